The van der Waals surface area contributed by atoms with Gasteiger partial charge in [-0.1, -0.05) is 25.1 Å². The number of aromatic amines is 1. The third-order valence-electron chi connectivity index (χ3n) is 4.54. The van der Waals surface area contributed by atoms with Crippen molar-refractivity contribution in [2.45, 2.75) is 45.2 Å². The van der Waals surface area contributed by atoms with Crippen molar-refractivity contribution in [2.24, 2.45) is 5.73 Å². The minimum atomic E-state index is -0.514. The molecule has 0 aliphatic rings. The molecule has 1 aromatic carbocycles. The largest absolute Gasteiger partial charge is 0.361 e. The predicted octanol–water partition coefficient (Wildman–Crippen LogP) is 2.68. The van der Waals surface area contributed by atoms with Crippen LogP contribution in [-0.4, -0.2) is 34.4 Å². The first-order chi connectivity index (χ1) is 9.86. The number of aromatic nitrogens is 1. The van der Waals surface area contributed by atoms with Crippen LogP contribution in [0.2, 0.25) is 0 Å². The van der Waals surface area contributed by atoms with E-state index >= 15 is 0 Å². The monoisotopic (exact) mass is 287 g/mol. The molecule has 114 valence electrons. The second kappa shape index (κ2) is 5.90. The van der Waals surface area contributed by atoms with Gasteiger partial charge in [-0.15, -0.1) is 0 Å². The lowest BCUT2D eigenvalue weighted by molar-refractivity contribution is -0.136. The van der Waals surface area contributed by atoms with Gasteiger partial charge in [-0.3, -0.25) is 4.79 Å². The molecule has 0 radical (unpaired) electrons. The number of amides is 1. The number of benzene rings is 1. The van der Waals surface area contributed by atoms with Crippen LogP contribution in [0.25, 0.3) is 10.9 Å². The van der Waals surface area contributed by atoms with E-state index in [2.05, 4.69) is 31.8 Å². The molecule has 3 N–H and O–H groups in total. The minimum absolute atomic E-state index is 0.00729. The maximum absolute atomic E-state index is 12.5. The van der Waals surface area contributed by atoms with Crippen LogP contribution in [-0.2, 0) is 11.2 Å². The summed E-state index contributed by atoms with van der Waals surface area (Å²) >= 11 is 0. The van der Waals surface area contributed by atoms with Crippen molar-refractivity contribution >= 4 is 16.8 Å². The number of rotatable bonds is 5. The Hall–Kier alpha value is -1.81. The topological polar surface area (TPSA) is 62.1 Å². The van der Waals surface area contributed by atoms with Gasteiger partial charge in [0.15, 0.2) is 0 Å². The molecule has 0 aliphatic heterocycles. The van der Waals surface area contributed by atoms with E-state index in [0.717, 1.165) is 22.9 Å². The molecule has 0 unspecified atom stereocenters. The van der Waals surface area contributed by atoms with Crippen LogP contribution in [0.4, 0.5) is 0 Å². The quantitative estimate of drug-likeness (QED) is 0.888. The molecule has 2 rings (SSSR count). The number of nitrogens with one attached hydrogen (secondary N) is 1. The number of fused-ring (bicyclic) bond motifs is 1. The van der Waals surface area contributed by atoms with Crippen LogP contribution in [0.15, 0.2) is 30.5 Å². The molecule has 21 heavy (non-hydrogen) atoms. The Bertz CT molecular complexity index is 630. The highest BCUT2D eigenvalue weighted by Crippen LogP contribution is 2.21. The highest BCUT2D eigenvalue weighted by Gasteiger charge is 2.29. The summed E-state index contributed by atoms with van der Waals surface area (Å²) in [6, 6.07) is 7.56. The van der Waals surface area contributed by atoms with Gasteiger partial charge >= 0.3 is 0 Å². The molecule has 0 bridgehead atoms. The van der Waals surface area contributed by atoms with Crippen LogP contribution < -0.4 is 5.73 Å². The molecule has 1 atom stereocenters. The minimum Gasteiger partial charge on any atom is -0.361 e. The van der Waals surface area contributed by atoms with Gasteiger partial charge in [0.25, 0.3) is 0 Å². The molecule has 1 aromatic heterocycles. The van der Waals surface area contributed by atoms with E-state index in [1.54, 1.807) is 4.90 Å². The molecule has 0 saturated heterocycles. The number of hydrogen-bond donors (Lipinski definition) is 2. The number of likely N-dealkylation sites (N-methyl/N-ethyl adjacent to an activating group) is 1. The fraction of sp³-hybridized carbons (Fsp3) is 0.471. The summed E-state index contributed by atoms with van der Waals surface area (Å²) in [6.45, 7) is 6.20. The van der Waals surface area contributed by atoms with Crippen LogP contribution in [0.5, 0.6) is 0 Å². The lowest BCUT2D eigenvalue weighted by Crippen LogP contribution is -2.51. The average molecular weight is 287 g/mol. The number of carbonyl (C=O) groups is 1. The third kappa shape index (κ3) is 3.10. The Morgan fingerprint density at radius 2 is 2.05 bits per heavy atom. The van der Waals surface area contributed by atoms with E-state index < -0.39 is 6.04 Å². The van der Waals surface area contributed by atoms with Crippen molar-refractivity contribution in [3.8, 4) is 0 Å². The summed E-state index contributed by atoms with van der Waals surface area (Å²) in [4.78, 5) is 17.5. The normalized spacial score (nSPS) is 13.4. The van der Waals surface area contributed by atoms with Gasteiger partial charge in [0.2, 0.25) is 5.91 Å². The van der Waals surface area contributed by atoms with Gasteiger partial charge < -0.3 is 15.6 Å². The van der Waals surface area contributed by atoms with Crippen molar-refractivity contribution in [3.05, 3.63) is 36.0 Å². The Labute approximate surface area is 126 Å². The second-order valence-electron chi connectivity index (χ2n) is 6.23. The van der Waals surface area contributed by atoms with E-state index in [0.29, 0.717) is 6.42 Å². The van der Waals surface area contributed by atoms with Crippen molar-refractivity contribution < 1.29 is 4.79 Å². The maximum atomic E-state index is 12.5. The highest BCUT2D eigenvalue weighted by atomic mass is 16.2. The zero-order valence-electron chi connectivity index (χ0n) is 13.3. The first-order valence-electron chi connectivity index (χ1n) is 7.45. The van der Waals surface area contributed by atoms with Crippen LogP contribution in [0.3, 0.4) is 0 Å². The maximum Gasteiger partial charge on any atom is 0.240 e. The van der Waals surface area contributed by atoms with Crippen molar-refractivity contribution in [2.75, 3.05) is 7.05 Å². The molecule has 1 amide bonds. The summed E-state index contributed by atoms with van der Waals surface area (Å²) in [6.07, 6.45) is 3.39. The lowest BCUT2D eigenvalue weighted by Gasteiger charge is -2.36. The predicted molar refractivity (Wildman–Crippen MR) is 87.1 cm³/mol. The number of nitrogens with zero attached hydrogens (tertiary/aromatic N) is 1. The molecule has 4 nitrogen and oxygen atoms in total. The third-order valence-corrected chi connectivity index (χ3v) is 4.54. The fourth-order valence-electron chi connectivity index (χ4n) is 2.41. The van der Waals surface area contributed by atoms with Crippen molar-refractivity contribution in [3.63, 3.8) is 0 Å². The fourth-order valence-corrected chi connectivity index (χ4v) is 2.41. The average Bonchev–Trinajstić information content (AvgIpc) is 2.89. The lowest BCUT2D eigenvalue weighted by atomic mass is 9.97. The Kier molecular flexibility index (Phi) is 4.37. The van der Waals surface area contributed by atoms with Gasteiger partial charge in [0.05, 0.1) is 6.04 Å². The summed E-state index contributed by atoms with van der Waals surface area (Å²) in [5, 5.41) is 1.14. The summed E-state index contributed by atoms with van der Waals surface area (Å²) in [7, 11) is 1.83. The number of nitrogens with two attached hydrogens (primary N) is 1. The first-order valence-corrected chi connectivity index (χ1v) is 7.45. The van der Waals surface area contributed by atoms with Crippen LogP contribution in [0.1, 0.15) is 32.8 Å². The van der Waals surface area contributed by atoms with E-state index in [1.165, 1.54) is 0 Å². The molecular formula is C17H25N3O. The number of carbonyl (C=O) groups excluding carboxylic acids is 1. The van der Waals surface area contributed by atoms with E-state index in [-0.39, 0.29) is 11.4 Å². The first kappa shape index (κ1) is 15.6. The van der Waals surface area contributed by atoms with Gasteiger partial charge in [0.1, 0.15) is 0 Å². The summed E-state index contributed by atoms with van der Waals surface area (Å²) in [5.41, 5.74) is 8.14. The molecule has 0 spiro atoms. The van der Waals surface area contributed by atoms with Gasteiger partial charge in [0, 0.05) is 29.7 Å². The molecule has 4 heteroatoms. The summed E-state index contributed by atoms with van der Waals surface area (Å²) < 4.78 is 0. The van der Waals surface area contributed by atoms with Gasteiger partial charge in [-0.05, 0) is 38.3 Å². The van der Waals surface area contributed by atoms with Crippen molar-refractivity contribution in [1.29, 1.82) is 0 Å². The Morgan fingerprint density at radius 3 is 2.71 bits per heavy atom. The van der Waals surface area contributed by atoms with E-state index in [1.807, 2.05) is 31.4 Å². The second-order valence-corrected chi connectivity index (χ2v) is 6.23. The summed E-state index contributed by atoms with van der Waals surface area (Å²) in [5.74, 6) is -0.00729. The molecule has 1 heterocycles. The van der Waals surface area contributed by atoms with E-state index in [9.17, 15) is 4.79 Å². The molecule has 2 aromatic rings. The number of H-pyrrole nitrogens is 1. The van der Waals surface area contributed by atoms with Crippen LogP contribution in [0, 0.1) is 0 Å². The molecule has 0 saturated carbocycles. The number of hydrogen-bond acceptors (Lipinski definition) is 2. The smallest absolute Gasteiger partial charge is 0.240 e. The molecular weight excluding hydrogens is 262 g/mol. The van der Waals surface area contributed by atoms with Gasteiger partial charge in [-0.2, -0.15) is 0 Å². The standard InChI is InChI=1S/C17H25N3O/c1-5-17(2,3)20(4)16(21)14(18)10-12-11-19-15-9-7-6-8-13(12)15/h6-9,11,14,19H,5,10,18H2,1-4H3/t14-/m0/s1. The Balaban J connectivity index is 2.14. The zero-order chi connectivity index (χ0) is 15.6. The number of para-hydroxylation sites is 1. The Morgan fingerprint density at radius 1 is 1.38 bits per heavy atom. The molecule has 0 aliphatic carbocycles. The van der Waals surface area contributed by atoms with Crippen LogP contribution >= 0.6 is 0 Å². The van der Waals surface area contributed by atoms with E-state index in [4.69, 9.17) is 5.73 Å². The van der Waals surface area contributed by atoms with Crippen molar-refractivity contribution in [1.82, 2.24) is 9.88 Å². The van der Waals surface area contributed by atoms with Gasteiger partial charge in [-0.25, -0.2) is 0 Å². The SMILES string of the molecule is CCC(C)(C)N(C)C(=O)[C@@H](N)Cc1c[nH]c2ccccc12. The zero-order valence-corrected chi connectivity index (χ0v) is 13.3. The highest BCUT2D eigenvalue weighted by molar-refractivity contribution is 5.86. The molecule has 0 fully saturated rings.